The van der Waals surface area contributed by atoms with Crippen LogP contribution in [0.3, 0.4) is 0 Å². The number of carbonyl (C=O) groups is 2. The Morgan fingerprint density at radius 2 is 1.96 bits per heavy atom. The second-order valence-corrected chi connectivity index (χ2v) is 7.67. The Balaban J connectivity index is 1.61. The molecule has 0 aliphatic carbocycles. The normalized spacial score (nSPS) is 18.2. The summed E-state index contributed by atoms with van der Waals surface area (Å²) in [4.78, 5) is 28.9. The number of aromatic nitrogens is 2. The van der Waals surface area contributed by atoms with Crippen molar-refractivity contribution in [2.45, 2.75) is 13.0 Å². The summed E-state index contributed by atoms with van der Waals surface area (Å²) in [6.07, 6.45) is 1.82. The number of benzene rings is 1. The molecule has 1 fully saturated rings. The highest BCUT2D eigenvalue weighted by atomic mass is 127. The lowest BCUT2D eigenvalue weighted by atomic mass is 10.1. The van der Waals surface area contributed by atoms with Gasteiger partial charge in [0.1, 0.15) is 5.82 Å². The van der Waals surface area contributed by atoms with Crippen LogP contribution in [0.1, 0.15) is 27.8 Å². The summed E-state index contributed by atoms with van der Waals surface area (Å²) in [6.45, 7) is 4.01. The monoisotopic (exact) mass is 470 g/mol. The van der Waals surface area contributed by atoms with Crippen LogP contribution < -0.4 is 0 Å². The molecular weight excluding hydrogens is 450 g/mol. The van der Waals surface area contributed by atoms with Gasteiger partial charge in [0, 0.05) is 44.5 Å². The zero-order chi connectivity index (χ0) is 18.8. The Kier molecular flexibility index (Phi) is 5.71. The molecule has 0 saturated carbocycles. The lowest BCUT2D eigenvalue weighted by Gasteiger charge is -2.39. The van der Waals surface area contributed by atoms with Crippen LogP contribution in [0.15, 0.2) is 30.5 Å². The third-order valence-corrected chi connectivity index (χ3v) is 5.28. The van der Waals surface area contributed by atoms with E-state index in [4.69, 9.17) is 0 Å². The van der Waals surface area contributed by atoms with Crippen molar-refractivity contribution in [2.24, 2.45) is 7.05 Å². The maximum Gasteiger partial charge on any atom is 0.275 e. The fourth-order valence-electron chi connectivity index (χ4n) is 3.15. The number of Topliss-reactive ketones (excluding diaryl/α,β-unsaturated/α-hetero) is 1. The SMILES string of the molecule is CC1CN(CC(=O)c2ccc(F)cc2)CCN1C(=O)c1nn(C)cc1I. The van der Waals surface area contributed by atoms with Crippen LogP contribution in [-0.2, 0) is 7.05 Å². The van der Waals surface area contributed by atoms with Crippen molar-refractivity contribution in [3.63, 3.8) is 0 Å². The lowest BCUT2D eigenvalue weighted by Crippen LogP contribution is -2.55. The number of piperazine rings is 1. The van der Waals surface area contributed by atoms with Gasteiger partial charge in [-0.25, -0.2) is 4.39 Å². The van der Waals surface area contributed by atoms with Crippen LogP contribution in [0.5, 0.6) is 0 Å². The number of carbonyl (C=O) groups excluding carboxylic acids is 2. The Bertz CT molecular complexity index is 821. The minimum atomic E-state index is -0.355. The summed E-state index contributed by atoms with van der Waals surface area (Å²) >= 11 is 2.12. The summed E-state index contributed by atoms with van der Waals surface area (Å²) in [5, 5.41) is 4.25. The number of ketones is 1. The summed E-state index contributed by atoms with van der Waals surface area (Å²) < 4.78 is 15.4. The molecule has 8 heteroatoms. The molecule has 1 unspecified atom stereocenters. The highest BCUT2D eigenvalue weighted by Crippen LogP contribution is 2.17. The van der Waals surface area contributed by atoms with Gasteiger partial charge in [-0.15, -0.1) is 0 Å². The van der Waals surface area contributed by atoms with Crippen LogP contribution in [0, 0.1) is 9.39 Å². The molecule has 2 heterocycles. The maximum atomic E-state index is 13.0. The first-order valence-electron chi connectivity index (χ1n) is 8.36. The molecule has 1 aliphatic heterocycles. The summed E-state index contributed by atoms with van der Waals surface area (Å²) in [5.41, 5.74) is 0.969. The van der Waals surface area contributed by atoms with Gasteiger partial charge in [0.05, 0.1) is 10.1 Å². The number of halogens is 2. The van der Waals surface area contributed by atoms with E-state index in [9.17, 15) is 14.0 Å². The number of hydrogen-bond donors (Lipinski definition) is 0. The third kappa shape index (κ3) is 4.12. The van der Waals surface area contributed by atoms with Gasteiger partial charge in [-0.05, 0) is 53.8 Å². The van der Waals surface area contributed by atoms with Gasteiger partial charge >= 0.3 is 0 Å². The molecule has 1 atom stereocenters. The van der Waals surface area contributed by atoms with Crippen molar-refractivity contribution < 1.29 is 14.0 Å². The van der Waals surface area contributed by atoms with Crippen LogP contribution in [-0.4, -0.2) is 63.5 Å². The highest BCUT2D eigenvalue weighted by molar-refractivity contribution is 14.1. The van der Waals surface area contributed by atoms with Crippen molar-refractivity contribution in [3.05, 3.63) is 51.1 Å². The first-order chi connectivity index (χ1) is 12.3. The van der Waals surface area contributed by atoms with Crippen molar-refractivity contribution in [3.8, 4) is 0 Å². The Morgan fingerprint density at radius 3 is 2.54 bits per heavy atom. The molecule has 0 N–H and O–H groups in total. The van der Waals surface area contributed by atoms with E-state index in [0.717, 1.165) is 3.57 Å². The van der Waals surface area contributed by atoms with Gasteiger partial charge in [0.25, 0.3) is 5.91 Å². The van der Waals surface area contributed by atoms with Gasteiger partial charge in [-0.3, -0.25) is 19.2 Å². The molecule has 1 aliphatic rings. The Morgan fingerprint density at radius 1 is 1.27 bits per heavy atom. The smallest absolute Gasteiger partial charge is 0.275 e. The molecule has 1 saturated heterocycles. The fraction of sp³-hybridized carbons (Fsp3) is 0.389. The summed E-state index contributed by atoms with van der Waals surface area (Å²) in [5.74, 6) is -0.477. The fourth-order valence-corrected chi connectivity index (χ4v) is 3.89. The zero-order valence-corrected chi connectivity index (χ0v) is 16.8. The molecule has 0 bridgehead atoms. The molecule has 0 spiro atoms. The second kappa shape index (κ2) is 7.83. The molecule has 1 amide bonds. The molecule has 138 valence electrons. The molecule has 26 heavy (non-hydrogen) atoms. The maximum absolute atomic E-state index is 13.0. The first kappa shape index (κ1) is 19.0. The van der Waals surface area contributed by atoms with E-state index in [1.165, 1.54) is 24.3 Å². The Hall–Kier alpha value is -1.81. The molecule has 2 aromatic rings. The largest absolute Gasteiger partial charge is 0.332 e. The molecular formula is C18H20FIN4O2. The quantitative estimate of drug-likeness (QED) is 0.508. The molecule has 1 aromatic carbocycles. The number of amides is 1. The average molecular weight is 470 g/mol. The van der Waals surface area contributed by atoms with Crippen LogP contribution in [0.4, 0.5) is 4.39 Å². The van der Waals surface area contributed by atoms with E-state index >= 15 is 0 Å². The third-order valence-electron chi connectivity index (χ3n) is 4.49. The lowest BCUT2D eigenvalue weighted by molar-refractivity contribution is 0.0476. The Labute approximate surface area is 165 Å². The minimum absolute atomic E-state index is 0.0185. The summed E-state index contributed by atoms with van der Waals surface area (Å²) in [6, 6.07) is 5.57. The van der Waals surface area contributed by atoms with Gasteiger partial charge in [0.2, 0.25) is 0 Å². The van der Waals surface area contributed by atoms with Gasteiger partial charge < -0.3 is 4.90 Å². The number of aryl methyl sites for hydroxylation is 1. The van der Waals surface area contributed by atoms with Crippen LogP contribution >= 0.6 is 22.6 Å². The van der Waals surface area contributed by atoms with Crippen LogP contribution in [0.2, 0.25) is 0 Å². The predicted octanol–water partition coefficient (Wildman–Crippen LogP) is 2.19. The topological polar surface area (TPSA) is 58.4 Å². The van der Waals surface area contributed by atoms with E-state index < -0.39 is 0 Å². The second-order valence-electron chi connectivity index (χ2n) is 6.51. The van der Waals surface area contributed by atoms with Crippen molar-refractivity contribution >= 4 is 34.3 Å². The van der Waals surface area contributed by atoms with E-state index in [-0.39, 0.29) is 30.1 Å². The minimum Gasteiger partial charge on any atom is -0.332 e. The molecule has 0 radical (unpaired) electrons. The van der Waals surface area contributed by atoms with Gasteiger partial charge in [-0.2, -0.15) is 5.10 Å². The zero-order valence-electron chi connectivity index (χ0n) is 14.7. The number of rotatable bonds is 4. The first-order valence-corrected chi connectivity index (χ1v) is 9.44. The number of hydrogen-bond acceptors (Lipinski definition) is 4. The number of nitrogens with zero attached hydrogens (tertiary/aromatic N) is 4. The molecule has 1 aromatic heterocycles. The molecule has 6 nitrogen and oxygen atoms in total. The highest BCUT2D eigenvalue weighted by Gasteiger charge is 2.31. The predicted molar refractivity (Wildman–Crippen MR) is 104 cm³/mol. The summed E-state index contributed by atoms with van der Waals surface area (Å²) in [7, 11) is 1.79. The molecule has 3 rings (SSSR count). The van der Waals surface area contributed by atoms with Crippen molar-refractivity contribution in [2.75, 3.05) is 26.2 Å². The van der Waals surface area contributed by atoms with E-state index in [0.29, 0.717) is 30.9 Å². The van der Waals surface area contributed by atoms with E-state index in [1.807, 2.05) is 22.9 Å². The van der Waals surface area contributed by atoms with Crippen LogP contribution in [0.25, 0.3) is 0 Å². The standard InChI is InChI=1S/C18H20FIN4O2/c1-12-9-23(11-16(25)13-3-5-14(19)6-4-13)7-8-24(12)18(26)17-15(20)10-22(2)21-17/h3-6,10,12H,7-9,11H2,1-2H3. The van der Waals surface area contributed by atoms with Crippen molar-refractivity contribution in [1.29, 1.82) is 0 Å². The van der Waals surface area contributed by atoms with E-state index in [1.54, 1.807) is 11.7 Å². The van der Waals surface area contributed by atoms with Gasteiger partial charge in [-0.1, -0.05) is 0 Å². The van der Waals surface area contributed by atoms with Crippen molar-refractivity contribution in [1.82, 2.24) is 19.6 Å². The van der Waals surface area contributed by atoms with E-state index in [2.05, 4.69) is 27.7 Å². The van der Waals surface area contributed by atoms with Gasteiger partial charge in [0.15, 0.2) is 11.5 Å². The average Bonchev–Trinajstić information content (AvgIpc) is 2.93.